The molecule has 2 unspecified atom stereocenters. The minimum absolute atomic E-state index is 0. The number of rotatable bonds is 2. The fraction of sp³-hybridized carbons (Fsp3) is 0.842. The summed E-state index contributed by atoms with van der Waals surface area (Å²) in [5.74, 6) is 2.05. The van der Waals surface area contributed by atoms with E-state index >= 15 is 0 Å². The summed E-state index contributed by atoms with van der Waals surface area (Å²) in [6, 6.07) is 0. The summed E-state index contributed by atoms with van der Waals surface area (Å²) in [6.45, 7) is 4.48. The molecule has 0 aromatic heterocycles. The topological polar surface area (TPSA) is 83.5 Å². The molecule has 7 heteroatoms. The van der Waals surface area contributed by atoms with Gasteiger partial charge in [-0.25, -0.2) is 8.42 Å². The fourth-order valence-electron chi connectivity index (χ4n) is 6.65. The first-order valence-corrected chi connectivity index (χ1v) is 10.8. The molecule has 26 heavy (non-hydrogen) atoms. The van der Waals surface area contributed by atoms with Gasteiger partial charge in [-0.3, -0.25) is 8.98 Å². The minimum atomic E-state index is -4.65. The number of ketones is 1. The third-order valence-corrected chi connectivity index (χ3v) is 8.53. The maximum atomic E-state index is 12.4. The molecule has 4 aliphatic rings. The molecular weight excluding hydrogens is 363 g/mol. The SMILES string of the molecule is C[C@]12CC[C@H](OS(=O)(=O)[O-])CC1=CC[C@@H]1C2CC[C@]2(C)C(=O)CCC12.[Na+]. The van der Waals surface area contributed by atoms with E-state index in [4.69, 9.17) is 4.18 Å². The van der Waals surface area contributed by atoms with E-state index in [0.29, 0.717) is 36.4 Å². The summed E-state index contributed by atoms with van der Waals surface area (Å²) in [5.41, 5.74) is 1.20. The van der Waals surface area contributed by atoms with Crippen LogP contribution in [0.3, 0.4) is 0 Å². The predicted octanol–water partition coefficient (Wildman–Crippen LogP) is 0.368. The van der Waals surface area contributed by atoms with E-state index < -0.39 is 16.5 Å². The molecule has 0 spiro atoms. The van der Waals surface area contributed by atoms with Crippen LogP contribution in [0.1, 0.15) is 65.2 Å². The van der Waals surface area contributed by atoms with Crippen molar-refractivity contribution in [3.63, 3.8) is 0 Å². The quantitative estimate of drug-likeness (QED) is 0.294. The molecule has 5 nitrogen and oxygen atoms in total. The summed E-state index contributed by atoms with van der Waals surface area (Å²) < 4.78 is 37.5. The number of fused-ring (bicyclic) bond motifs is 5. The second kappa shape index (κ2) is 6.96. The standard InChI is InChI=1S/C19H28O5S.Na/c1-18-9-7-13(24-25(21,22)23)11-12(18)3-4-14-15-5-6-17(20)19(15,2)10-8-16(14)18;/h3,13-16H,4-11H2,1-2H3,(H,21,22,23);/q;+1/p-1/t13-,14-,15?,16?,18-,19-;/m0./s1. The molecule has 3 saturated carbocycles. The van der Waals surface area contributed by atoms with Gasteiger partial charge in [0.25, 0.3) is 0 Å². The summed E-state index contributed by atoms with van der Waals surface area (Å²) in [6.07, 6.45) is 8.55. The van der Waals surface area contributed by atoms with E-state index in [1.165, 1.54) is 5.57 Å². The Morgan fingerprint density at radius 1 is 1.12 bits per heavy atom. The van der Waals surface area contributed by atoms with Crippen molar-refractivity contribution in [3.8, 4) is 0 Å². The monoisotopic (exact) mass is 390 g/mol. The van der Waals surface area contributed by atoms with Crippen molar-refractivity contribution in [3.05, 3.63) is 11.6 Å². The van der Waals surface area contributed by atoms with Crippen LogP contribution in [0.4, 0.5) is 0 Å². The number of carbonyl (C=O) groups is 1. The summed E-state index contributed by atoms with van der Waals surface area (Å²) >= 11 is 0. The Kier molecular flexibility index (Phi) is 5.62. The first kappa shape index (κ1) is 21.0. The zero-order chi connectivity index (χ0) is 18.0. The van der Waals surface area contributed by atoms with Gasteiger partial charge in [0.2, 0.25) is 10.4 Å². The smallest absolute Gasteiger partial charge is 0.726 e. The normalized spacial score (nSPS) is 45.0. The molecule has 140 valence electrons. The fourth-order valence-corrected chi connectivity index (χ4v) is 7.14. The van der Waals surface area contributed by atoms with Crippen molar-refractivity contribution in [2.24, 2.45) is 28.6 Å². The Balaban J connectivity index is 0.00000196. The van der Waals surface area contributed by atoms with Gasteiger partial charge in [-0.1, -0.05) is 25.5 Å². The number of Topliss-reactive ketones (excluding diaryl/α,β-unsaturated/α-hetero) is 1. The summed E-state index contributed by atoms with van der Waals surface area (Å²) in [5, 5.41) is 0. The average molecular weight is 390 g/mol. The number of carbonyl (C=O) groups excluding carboxylic acids is 1. The molecule has 4 rings (SSSR count). The molecule has 0 saturated heterocycles. The maximum absolute atomic E-state index is 12.4. The van der Waals surface area contributed by atoms with Crippen molar-refractivity contribution in [2.75, 3.05) is 0 Å². The van der Waals surface area contributed by atoms with E-state index in [-0.39, 0.29) is 40.4 Å². The average Bonchev–Trinajstić information content (AvgIpc) is 2.82. The van der Waals surface area contributed by atoms with E-state index in [1.54, 1.807) is 0 Å². The van der Waals surface area contributed by atoms with Crippen LogP contribution < -0.4 is 29.6 Å². The number of hydrogen-bond donors (Lipinski definition) is 0. The van der Waals surface area contributed by atoms with Gasteiger partial charge in [0, 0.05) is 11.8 Å². The second-order valence-corrected chi connectivity index (χ2v) is 10.1. The van der Waals surface area contributed by atoms with Gasteiger partial charge in [-0.15, -0.1) is 0 Å². The maximum Gasteiger partial charge on any atom is 1.00 e. The van der Waals surface area contributed by atoms with Crippen molar-refractivity contribution >= 4 is 16.2 Å². The molecule has 0 bridgehead atoms. The Labute approximate surface area is 178 Å². The predicted molar refractivity (Wildman–Crippen MR) is 91.3 cm³/mol. The van der Waals surface area contributed by atoms with Crippen LogP contribution in [0.25, 0.3) is 0 Å². The van der Waals surface area contributed by atoms with Gasteiger partial charge in [-0.2, -0.15) is 0 Å². The Bertz CT molecular complexity index is 732. The summed E-state index contributed by atoms with van der Waals surface area (Å²) in [4.78, 5) is 12.4. The third-order valence-electron chi connectivity index (χ3n) is 8.02. The zero-order valence-electron chi connectivity index (χ0n) is 16.0. The largest absolute Gasteiger partial charge is 1.00 e. The molecule has 0 aliphatic heterocycles. The van der Waals surface area contributed by atoms with Crippen LogP contribution in [0, 0.1) is 28.6 Å². The molecular formula is C19H27NaO5S. The van der Waals surface area contributed by atoms with Crippen LogP contribution >= 0.6 is 0 Å². The van der Waals surface area contributed by atoms with Gasteiger partial charge in [-0.05, 0) is 68.1 Å². The van der Waals surface area contributed by atoms with Crippen molar-refractivity contribution in [1.29, 1.82) is 0 Å². The molecule has 0 N–H and O–H groups in total. The first-order chi connectivity index (χ1) is 11.6. The van der Waals surface area contributed by atoms with Gasteiger partial charge < -0.3 is 4.55 Å². The second-order valence-electron chi connectivity index (χ2n) is 9.05. The Morgan fingerprint density at radius 3 is 2.46 bits per heavy atom. The molecule has 0 radical (unpaired) electrons. The molecule has 0 heterocycles. The van der Waals surface area contributed by atoms with Crippen LogP contribution in [0.5, 0.6) is 0 Å². The summed E-state index contributed by atoms with van der Waals surface area (Å²) in [7, 11) is -4.65. The molecule has 3 fully saturated rings. The van der Waals surface area contributed by atoms with Crippen molar-refractivity contribution in [2.45, 2.75) is 71.3 Å². The van der Waals surface area contributed by atoms with Crippen LogP contribution in [0.2, 0.25) is 0 Å². The molecule has 6 atom stereocenters. The Morgan fingerprint density at radius 2 is 1.77 bits per heavy atom. The molecule has 0 aromatic rings. The number of hydrogen-bond acceptors (Lipinski definition) is 5. The van der Waals surface area contributed by atoms with E-state index in [9.17, 15) is 17.8 Å². The third kappa shape index (κ3) is 3.29. The van der Waals surface area contributed by atoms with Crippen LogP contribution in [-0.4, -0.2) is 24.9 Å². The van der Waals surface area contributed by atoms with Crippen molar-refractivity contribution < 1.29 is 51.5 Å². The number of allylic oxidation sites excluding steroid dienone is 1. The van der Waals surface area contributed by atoms with Crippen LogP contribution in [0.15, 0.2) is 11.6 Å². The molecule has 0 aromatic carbocycles. The zero-order valence-corrected chi connectivity index (χ0v) is 18.8. The van der Waals surface area contributed by atoms with E-state index in [2.05, 4.69) is 19.9 Å². The van der Waals surface area contributed by atoms with Crippen molar-refractivity contribution in [1.82, 2.24) is 0 Å². The Hall–Kier alpha value is 0.280. The molecule has 4 aliphatic carbocycles. The van der Waals surface area contributed by atoms with Gasteiger partial charge >= 0.3 is 29.6 Å². The minimum Gasteiger partial charge on any atom is -0.726 e. The van der Waals surface area contributed by atoms with Crippen LogP contribution in [-0.2, 0) is 19.4 Å². The van der Waals surface area contributed by atoms with Gasteiger partial charge in [0.05, 0.1) is 6.10 Å². The van der Waals surface area contributed by atoms with E-state index in [1.807, 2.05) is 0 Å². The van der Waals surface area contributed by atoms with E-state index in [0.717, 1.165) is 38.5 Å². The van der Waals surface area contributed by atoms with Gasteiger partial charge in [0.1, 0.15) is 5.78 Å². The molecule has 0 amide bonds. The van der Waals surface area contributed by atoms with Gasteiger partial charge in [0.15, 0.2) is 0 Å². The first-order valence-electron chi connectivity index (χ1n) is 9.50.